The molecule has 0 aliphatic carbocycles. The summed E-state index contributed by atoms with van der Waals surface area (Å²) in [6.07, 6.45) is 2.86. The van der Waals surface area contributed by atoms with E-state index in [1.165, 1.54) is 29.6 Å². The summed E-state index contributed by atoms with van der Waals surface area (Å²) in [5.41, 5.74) is 2.40. The van der Waals surface area contributed by atoms with Crippen LogP contribution in [0.3, 0.4) is 0 Å². The number of nitrogens with one attached hydrogen (secondary N) is 3. The lowest BCUT2D eigenvalue weighted by atomic mass is 10.0. The van der Waals surface area contributed by atoms with Crippen molar-refractivity contribution in [3.8, 4) is 0 Å². The van der Waals surface area contributed by atoms with Crippen LogP contribution in [0.25, 0.3) is 0 Å². The zero-order chi connectivity index (χ0) is 19.7. The predicted octanol–water partition coefficient (Wildman–Crippen LogP) is 1.98. The number of nitrogens with zero attached hydrogens (tertiary/aromatic N) is 2. The van der Waals surface area contributed by atoms with E-state index < -0.39 is 10.0 Å². The topological polar surface area (TPSA) is 95.5 Å². The van der Waals surface area contributed by atoms with E-state index in [9.17, 15) is 8.42 Å². The molecule has 3 N–H and O–H groups in total. The van der Waals surface area contributed by atoms with Gasteiger partial charge in [0.1, 0.15) is 4.90 Å². The number of aromatic nitrogens is 1. The van der Waals surface area contributed by atoms with Crippen LogP contribution in [-0.2, 0) is 10.0 Å². The van der Waals surface area contributed by atoms with Crippen molar-refractivity contribution in [2.24, 2.45) is 4.99 Å². The molecule has 1 unspecified atom stereocenters. The highest BCUT2D eigenvalue weighted by molar-refractivity contribution is 7.89. The van der Waals surface area contributed by atoms with Crippen LogP contribution in [0.4, 0.5) is 0 Å². The SMILES string of the molecule is CCNC(=NCCNS(=O)(=O)c1cccnc1)NC(C)c1ccccc1C. The minimum absolute atomic E-state index is 0.0797. The number of hydrogen-bond acceptors (Lipinski definition) is 4. The van der Waals surface area contributed by atoms with Gasteiger partial charge >= 0.3 is 0 Å². The number of hydrogen-bond donors (Lipinski definition) is 3. The van der Waals surface area contributed by atoms with Crippen LogP contribution in [0.15, 0.2) is 58.7 Å². The van der Waals surface area contributed by atoms with Crippen molar-refractivity contribution in [1.82, 2.24) is 20.3 Å². The molecule has 146 valence electrons. The molecule has 27 heavy (non-hydrogen) atoms. The molecule has 0 aliphatic rings. The van der Waals surface area contributed by atoms with Crippen molar-refractivity contribution in [3.05, 3.63) is 59.9 Å². The van der Waals surface area contributed by atoms with Gasteiger partial charge in [-0.05, 0) is 44.0 Å². The number of aliphatic imine (C=N–C) groups is 1. The van der Waals surface area contributed by atoms with Crippen LogP contribution in [0, 0.1) is 6.92 Å². The number of aryl methyl sites for hydroxylation is 1. The van der Waals surface area contributed by atoms with Crippen molar-refractivity contribution in [3.63, 3.8) is 0 Å². The number of sulfonamides is 1. The Morgan fingerprint density at radius 1 is 1.22 bits per heavy atom. The average Bonchev–Trinajstić information content (AvgIpc) is 2.66. The molecule has 0 bridgehead atoms. The third-order valence-electron chi connectivity index (χ3n) is 3.97. The molecular weight excluding hydrogens is 362 g/mol. The normalized spacial score (nSPS) is 13.2. The van der Waals surface area contributed by atoms with Gasteiger partial charge < -0.3 is 10.6 Å². The summed E-state index contributed by atoms with van der Waals surface area (Å²) in [6.45, 7) is 7.36. The second-order valence-electron chi connectivity index (χ2n) is 6.07. The van der Waals surface area contributed by atoms with Gasteiger partial charge in [-0.1, -0.05) is 24.3 Å². The summed E-state index contributed by atoms with van der Waals surface area (Å²) in [4.78, 5) is 8.44. The molecule has 0 saturated heterocycles. The van der Waals surface area contributed by atoms with E-state index >= 15 is 0 Å². The zero-order valence-corrected chi connectivity index (χ0v) is 16.8. The first-order valence-electron chi connectivity index (χ1n) is 8.94. The van der Waals surface area contributed by atoms with E-state index in [0.717, 1.165) is 0 Å². The van der Waals surface area contributed by atoms with Gasteiger partial charge in [-0.15, -0.1) is 0 Å². The molecule has 1 aromatic carbocycles. The summed E-state index contributed by atoms with van der Waals surface area (Å²) < 4.78 is 26.9. The standard InChI is InChI=1S/C19H27N5O2S/c1-4-21-19(24-16(3)18-10-6-5-8-15(18)2)22-12-13-23-27(25,26)17-9-7-11-20-14-17/h5-11,14,16,23H,4,12-13H2,1-3H3,(H2,21,22,24). The van der Waals surface area contributed by atoms with Gasteiger partial charge in [0.25, 0.3) is 0 Å². The van der Waals surface area contributed by atoms with E-state index in [4.69, 9.17) is 0 Å². The Kier molecular flexibility index (Phi) is 7.75. The maximum absolute atomic E-state index is 12.2. The van der Waals surface area contributed by atoms with Gasteiger partial charge in [-0.3, -0.25) is 9.98 Å². The van der Waals surface area contributed by atoms with Gasteiger partial charge in [0.05, 0.1) is 12.6 Å². The number of guanidine groups is 1. The maximum Gasteiger partial charge on any atom is 0.242 e. The molecule has 0 amide bonds. The first kappa shape index (κ1) is 20.9. The van der Waals surface area contributed by atoms with Crippen LogP contribution in [-0.4, -0.2) is 39.0 Å². The van der Waals surface area contributed by atoms with Crippen molar-refractivity contribution in [2.75, 3.05) is 19.6 Å². The van der Waals surface area contributed by atoms with Crippen molar-refractivity contribution < 1.29 is 8.42 Å². The van der Waals surface area contributed by atoms with Gasteiger partial charge in [-0.25, -0.2) is 13.1 Å². The second kappa shape index (κ2) is 10.0. The van der Waals surface area contributed by atoms with Crippen LogP contribution >= 0.6 is 0 Å². The predicted molar refractivity (Wildman–Crippen MR) is 108 cm³/mol. The fourth-order valence-electron chi connectivity index (χ4n) is 2.61. The first-order valence-corrected chi connectivity index (χ1v) is 10.4. The summed E-state index contributed by atoms with van der Waals surface area (Å²) in [6, 6.07) is 11.4. The summed E-state index contributed by atoms with van der Waals surface area (Å²) in [5.74, 6) is 0.647. The molecule has 0 saturated carbocycles. The Bertz CT molecular complexity index is 853. The van der Waals surface area contributed by atoms with Crippen molar-refractivity contribution in [2.45, 2.75) is 31.7 Å². The van der Waals surface area contributed by atoms with E-state index in [1.54, 1.807) is 6.07 Å². The van der Waals surface area contributed by atoms with Crippen LogP contribution < -0.4 is 15.4 Å². The zero-order valence-electron chi connectivity index (χ0n) is 15.9. The molecule has 0 radical (unpaired) electrons. The number of rotatable bonds is 8. The van der Waals surface area contributed by atoms with Gasteiger partial charge in [0.15, 0.2) is 5.96 Å². The first-order chi connectivity index (χ1) is 12.9. The highest BCUT2D eigenvalue weighted by Crippen LogP contribution is 2.16. The minimum Gasteiger partial charge on any atom is -0.357 e. The number of pyridine rings is 1. The van der Waals surface area contributed by atoms with Crippen LogP contribution in [0.5, 0.6) is 0 Å². The maximum atomic E-state index is 12.2. The van der Waals surface area contributed by atoms with E-state index in [1.807, 2.05) is 19.1 Å². The molecule has 8 heteroatoms. The summed E-state index contributed by atoms with van der Waals surface area (Å²) in [5, 5.41) is 6.54. The average molecular weight is 390 g/mol. The van der Waals surface area contributed by atoms with E-state index in [-0.39, 0.29) is 17.5 Å². The van der Waals surface area contributed by atoms with Gasteiger partial charge in [0.2, 0.25) is 10.0 Å². The monoisotopic (exact) mass is 389 g/mol. The van der Waals surface area contributed by atoms with E-state index in [2.05, 4.69) is 51.3 Å². The molecule has 2 aromatic rings. The molecule has 1 aromatic heterocycles. The van der Waals surface area contributed by atoms with E-state index in [0.29, 0.717) is 19.0 Å². The smallest absolute Gasteiger partial charge is 0.242 e. The van der Waals surface area contributed by atoms with Crippen LogP contribution in [0.1, 0.15) is 31.0 Å². The summed E-state index contributed by atoms with van der Waals surface area (Å²) >= 11 is 0. The molecular formula is C19H27N5O2S. The third-order valence-corrected chi connectivity index (χ3v) is 5.42. The highest BCUT2D eigenvalue weighted by atomic mass is 32.2. The van der Waals surface area contributed by atoms with Gasteiger partial charge in [0, 0.05) is 25.5 Å². The Morgan fingerprint density at radius 3 is 2.67 bits per heavy atom. The number of benzene rings is 1. The highest BCUT2D eigenvalue weighted by Gasteiger charge is 2.13. The molecule has 0 aliphatic heterocycles. The fraction of sp³-hybridized carbons (Fsp3) is 0.368. The molecule has 0 fully saturated rings. The Labute approximate surface area is 161 Å². The molecule has 1 atom stereocenters. The Morgan fingerprint density at radius 2 is 2.00 bits per heavy atom. The Balaban J connectivity index is 1.94. The van der Waals surface area contributed by atoms with Crippen molar-refractivity contribution in [1.29, 1.82) is 0 Å². The lowest BCUT2D eigenvalue weighted by Gasteiger charge is -2.19. The second-order valence-corrected chi connectivity index (χ2v) is 7.84. The third kappa shape index (κ3) is 6.33. The molecule has 2 rings (SSSR count). The van der Waals surface area contributed by atoms with Crippen LogP contribution in [0.2, 0.25) is 0 Å². The lowest BCUT2D eigenvalue weighted by Crippen LogP contribution is -2.39. The van der Waals surface area contributed by atoms with Gasteiger partial charge in [-0.2, -0.15) is 0 Å². The largest absolute Gasteiger partial charge is 0.357 e. The molecule has 7 nitrogen and oxygen atoms in total. The Hall–Kier alpha value is -2.45. The van der Waals surface area contributed by atoms with Crippen molar-refractivity contribution >= 4 is 16.0 Å². The molecule has 0 spiro atoms. The summed E-state index contributed by atoms with van der Waals surface area (Å²) in [7, 11) is -3.56. The molecule has 1 heterocycles. The minimum atomic E-state index is -3.56. The quantitative estimate of drug-likeness (QED) is 0.365. The fourth-order valence-corrected chi connectivity index (χ4v) is 3.60. The lowest BCUT2D eigenvalue weighted by molar-refractivity contribution is 0.581.